The topological polar surface area (TPSA) is 105 Å². The van der Waals surface area contributed by atoms with Crippen molar-refractivity contribution in [3.05, 3.63) is 53.5 Å². The molecule has 2 aromatic rings. The van der Waals surface area contributed by atoms with E-state index in [0.29, 0.717) is 5.69 Å². The van der Waals surface area contributed by atoms with Gasteiger partial charge in [-0.1, -0.05) is 6.07 Å². The molecule has 0 radical (unpaired) electrons. The number of benzene rings is 1. The van der Waals surface area contributed by atoms with E-state index < -0.39 is 23.3 Å². The van der Waals surface area contributed by atoms with Gasteiger partial charge in [0.25, 0.3) is 0 Å². The first-order chi connectivity index (χ1) is 9.49. The van der Waals surface area contributed by atoms with Crippen LogP contribution in [0.5, 0.6) is 0 Å². The summed E-state index contributed by atoms with van der Waals surface area (Å²) in [5.74, 6) is -3.24. The van der Waals surface area contributed by atoms with Crippen molar-refractivity contribution < 1.29 is 19.1 Å². The first-order valence-corrected chi connectivity index (χ1v) is 5.53. The van der Waals surface area contributed by atoms with Gasteiger partial charge in [0, 0.05) is 17.4 Å². The van der Waals surface area contributed by atoms with Gasteiger partial charge in [0.2, 0.25) is 5.91 Å². The zero-order chi connectivity index (χ0) is 14.7. The molecule has 0 unspecified atom stereocenters. The molecule has 0 saturated heterocycles. The van der Waals surface area contributed by atoms with Gasteiger partial charge in [-0.2, -0.15) is 0 Å². The molecule has 0 aliphatic carbocycles. The van der Waals surface area contributed by atoms with Crippen LogP contribution in [-0.4, -0.2) is 22.0 Å². The molecule has 1 aromatic carbocycles. The summed E-state index contributed by atoms with van der Waals surface area (Å²) in [4.78, 5) is 25.6. The fourth-order valence-corrected chi connectivity index (χ4v) is 1.58. The van der Waals surface area contributed by atoms with Gasteiger partial charge in [-0.05, 0) is 24.3 Å². The summed E-state index contributed by atoms with van der Waals surface area (Å²) in [7, 11) is 0. The van der Waals surface area contributed by atoms with E-state index in [-0.39, 0.29) is 11.4 Å². The molecule has 7 heteroatoms. The minimum absolute atomic E-state index is 0.241. The monoisotopic (exact) mass is 275 g/mol. The van der Waals surface area contributed by atoms with E-state index in [1.165, 1.54) is 18.3 Å². The second-order valence-electron chi connectivity index (χ2n) is 3.90. The highest BCUT2D eigenvalue weighted by molar-refractivity contribution is 5.94. The number of anilines is 2. The summed E-state index contributed by atoms with van der Waals surface area (Å²) in [5.41, 5.74) is 5.25. The third-order valence-electron chi connectivity index (χ3n) is 2.53. The minimum atomic E-state index is -1.39. The Balaban J connectivity index is 2.35. The number of rotatable bonds is 4. The van der Waals surface area contributed by atoms with Crippen molar-refractivity contribution in [2.75, 3.05) is 5.32 Å². The van der Waals surface area contributed by atoms with E-state index >= 15 is 0 Å². The van der Waals surface area contributed by atoms with Gasteiger partial charge in [-0.3, -0.25) is 4.79 Å². The Labute approximate surface area is 113 Å². The van der Waals surface area contributed by atoms with Crippen LogP contribution in [0.25, 0.3) is 0 Å². The van der Waals surface area contributed by atoms with Crippen LogP contribution in [0.15, 0.2) is 36.5 Å². The predicted octanol–water partition coefficient (Wildman–Crippen LogP) is 1.76. The Kier molecular flexibility index (Phi) is 3.60. The van der Waals surface area contributed by atoms with Gasteiger partial charge < -0.3 is 16.2 Å². The van der Waals surface area contributed by atoms with Gasteiger partial charge in [0.05, 0.1) is 0 Å². The molecule has 4 N–H and O–H groups in total. The molecule has 2 rings (SSSR count). The van der Waals surface area contributed by atoms with Crippen LogP contribution in [0, 0.1) is 5.82 Å². The number of nitrogens with zero attached hydrogens (tertiary/aromatic N) is 1. The maximum absolute atomic E-state index is 13.9. The normalized spacial score (nSPS) is 10.1. The number of amides is 1. The van der Waals surface area contributed by atoms with Gasteiger partial charge in [0.1, 0.15) is 5.56 Å². The van der Waals surface area contributed by atoms with Crippen LogP contribution < -0.4 is 11.1 Å². The molecular weight excluding hydrogens is 265 g/mol. The van der Waals surface area contributed by atoms with Crippen molar-refractivity contribution in [3.63, 3.8) is 0 Å². The Bertz CT molecular complexity index is 688. The number of nitrogens with one attached hydrogen (secondary N) is 1. The summed E-state index contributed by atoms with van der Waals surface area (Å²) in [6.45, 7) is 0. The molecule has 6 nitrogen and oxygen atoms in total. The molecule has 20 heavy (non-hydrogen) atoms. The van der Waals surface area contributed by atoms with Crippen molar-refractivity contribution >= 4 is 23.4 Å². The smallest absolute Gasteiger partial charge is 0.338 e. The predicted molar refractivity (Wildman–Crippen MR) is 69.4 cm³/mol. The first-order valence-electron chi connectivity index (χ1n) is 5.53. The number of hydrogen-bond acceptors (Lipinski definition) is 4. The average molecular weight is 275 g/mol. The maximum Gasteiger partial charge on any atom is 0.338 e. The van der Waals surface area contributed by atoms with Crippen molar-refractivity contribution in [2.45, 2.75) is 0 Å². The number of hydrogen-bond donors (Lipinski definition) is 3. The zero-order valence-electron chi connectivity index (χ0n) is 10.1. The summed E-state index contributed by atoms with van der Waals surface area (Å²) >= 11 is 0. The maximum atomic E-state index is 13.9. The number of carboxylic acid groups (broad SMARTS) is 1. The number of primary amides is 1. The molecule has 0 atom stereocenters. The molecule has 0 saturated carbocycles. The van der Waals surface area contributed by atoms with E-state index in [1.54, 1.807) is 12.1 Å². The lowest BCUT2D eigenvalue weighted by atomic mass is 10.2. The molecular formula is C13H10FN3O3. The number of aromatic carboxylic acids is 1. The third-order valence-corrected chi connectivity index (χ3v) is 2.53. The highest BCUT2D eigenvalue weighted by atomic mass is 19.1. The summed E-state index contributed by atoms with van der Waals surface area (Å²) in [6.07, 6.45) is 1.17. The van der Waals surface area contributed by atoms with E-state index in [0.717, 1.165) is 6.07 Å². The number of carbonyl (C=O) groups excluding carboxylic acids is 1. The highest BCUT2D eigenvalue weighted by Gasteiger charge is 2.15. The molecule has 0 aliphatic heterocycles. The number of carbonyl (C=O) groups is 2. The average Bonchev–Trinajstić information content (AvgIpc) is 2.41. The molecule has 0 fully saturated rings. The summed E-state index contributed by atoms with van der Waals surface area (Å²) in [5, 5.41) is 11.4. The third kappa shape index (κ3) is 2.72. The van der Waals surface area contributed by atoms with Gasteiger partial charge in [0.15, 0.2) is 11.6 Å². The quantitative estimate of drug-likeness (QED) is 0.788. The number of aromatic nitrogens is 1. The van der Waals surface area contributed by atoms with Gasteiger partial charge in [-0.15, -0.1) is 0 Å². The second kappa shape index (κ2) is 5.35. The van der Waals surface area contributed by atoms with Crippen LogP contribution in [0.1, 0.15) is 20.7 Å². The van der Waals surface area contributed by atoms with Crippen molar-refractivity contribution in [1.29, 1.82) is 0 Å². The first kappa shape index (κ1) is 13.5. The van der Waals surface area contributed by atoms with Crippen molar-refractivity contribution in [1.82, 2.24) is 4.98 Å². The molecule has 102 valence electrons. The second-order valence-corrected chi connectivity index (χ2v) is 3.90. The standard InChI is InChI=1S/C13H10FN3O3/c14-10-9(13(19)20)4-5-16-12(10)17-8-3-1-2-7(6-8)11(15)18/h1-6H,(H2,15,18)(H,16,17)(H,19,20). The molecule has 0 spiro atoms. The lowest BCUT2D eigenvalue weighted by Gasteiger charge is -2.08. The molecule has 0 aliphatic rings. The number of carboxylic acids is 1. The SMILES string of the molecule is NC(=O)c1cccc(Nc2nccc(C(=O)O)c2F)c1. The Morgan fingerprint density at radius 3 is 2.70 bits per heavy atom. The van der Waals surface area contributed by atoms with Gasteiger partial charge in [-0.25, -0.2) is 14.2 Å². The van der Waals surface area contributed by atoms with Crippen LogP contribution in [0.2, 0.25) is 0 Å². The largest absolute Gasteiger partial charge is 0.478 e. The number of nitrogens with two attached hydrogens (primary N) is 1. The molecule has 1 heterocycles. The summed E-state index contributed by atoms with van der Waals surface area (Å²) < 4.78 is 13.9. The lowest BCUT2D eigenvalue weighted by molar-refractivity contribution is 0.0691. The Hall–Kier alpha value is -2.96. The molecule has 1 amide bonds. The minimum Gasteiger partial charge on any atom is -0.478 e. The van der Waals surface area contributed by atoms with Gasteiger partial charge >= 0.3 is 5.97 Å². The van der Waals surface area contributed by atoms with Crippen LogP contribution in [0.4, 0.5) is 15.9 Å². The molecule has 1 aromatic heterocycles. The van der Waals surface area contributed by atoms with Crippen molar-refractivity contribution in [3.8, 4) is 0 Å². The van der Waals surface area contributed by atoms with Crippen LogP contribution in [0.3, 0.4) is 0 Å². The number of pyridine rings is 1. The van der Waals surface area contributed by atoms with Crippen LogP contribution >= 0.6 is 0 Å². The molecule has 0 bridgehead atoms. The number of halogens is 1. The van der Waals surface area contributed by atoms with E-state index in [2.05, 4.69) is 10.3 Å². The summed E-state index contributed by atoms with van der Waals surface area (Å²) in [6, 6.07) is 7.10. The van der Waals surface area contributed by atoms with E-state index in [4.69, 9.17) is 10.8 Å². The van der Waals surface area contributed by atoms with Crippen molar-refractivity contribution in [2.24, 2.45) is 5.73 Å². The lowest BCUT2D eigenvalue weighted by Crippen LogP contribution is -2.11. The zero-order valence-corrected chi connectivity index (χ0v) is 10.1. The van der Waals surface area contributed by atoms with E-state index in [1.807, 2.05) is 0 Å². The fourth-order valence-electron chi connectivity index (χ4n) is 1.58. The highest BCUT2D eigenvalue weighted by Crippen LogP contribution is 2.20. The Morgan fingerprint density at radius 2 is 2.05 bits per heavy atom. The fraction of sp³-hybridized carbons (Fsp3) is 0. The Morgan fingerprint density at radius 1 is 1.30 bits per heavy atom. The van der Waals surface area contributed by atoms with E-state index in [9.17, 15) is 14.0 Å². The van der Waals surface area contributed by atoms with Crippen LogP contribution in [-0.2, 0) is 0 Å².